The van der Waals surface area contributed by atoms with Crippen molar-refractivity contribution in [2.75, 3.05) is 12.4 Å². The van der Waals surface area contributed by atoms with Gasteiger partial charge in [-0.2, -0.15) is 0 Å². The van der Waals surface area contributed by atoms with E-state index in [-0.39, 0.29) is 22.2 Å². The number of hydrogen-bond donors (Lipinski definition) is 2. The van der Waals surface area contributed by atoms with Crippen LogP contribution >= 0.6 is 45.8 Å². The third kappa shape index (κ3) is 4.10. The summed E-state index contributed by atoms with van der Waals surface area (Å²) in [5.41, 5.74) is 1.16. The van der Waals surface area contributed by atoms with Crippen LogP contribution in [0.5, 0.6) is 11.5 Å². The molecule has 0 aromatic heterocycles. The fourth-order valence-electron chi connectivity index (χ4n) is 4.83. The van der Waals surface area contributed by atoms with Crippen LogP contribution in [0.3, 0.4) is 0 Å². The summed E-state index contributed by atoms with van der Waals surface area (Å²) in [5, 5.41) is 6.90. The number of hydrogen-bond acceptors (Lipinski definition) is 5. The average molecular weight is 637 g/mol. The number of fused-ring (bicyclic) bond motifs is 2. The first kappa shape index (κ1) is 24.9. The largest absolute Gasteiger partial charge is 0.465 e. The number of halogens is 3. The van der Waals surface area contributed by atoms with E-state index in [4.69, 9.17) is 32.7 Å². The SMILES string of the molecule is COC(=O)c1ccc(Oc2ccc(Cl)cc2C2NC(=O)C[C@@H](I)[C@]23C(=O)Nc2cc(Cl)ccc23)cc1. The number of amides is 2. The zero-order chi connectivity index (χ0) is 25.6. The zero-order valence-corrected chi connectivity index (χ0v) is 22.5. The highest BCUT2D eigenvalue weighted by atomic mass is 127. The Bertz CT molecular complexity index is 1400. The Morgan fingerprint density at radius 1 is 1.03 bits per heavy atom. The molecule has 2 N–H and O–H groups in total. The van der Waals surface area contributed by atoms with Crippen LogP contribution in [0, 0.1) is 0 Å². The van der Waals surface area contributed by atoms with E-state index in [2.05, 4.69) is 33.2 Å². The minimum Gasteiger partial charge on any atom is -0.465 e. The van der Waals surface area contributed by atoms with E-state index < -0.39 is 17.4 Å². The van der Waals surface area contributed by atoms with Gasteiger partial charge in [0.15, 0.2) is 0 Å². The van der Waals surface area contributed by atoms with E-state index in [1.165, 1.54) is 7.11 Å². The van der Waals surface area contributed by atoms with E-state index in [9.17, 15) is 14.4 Å². The molecule has 1 unspecified atom stereocenters. The van der Waals surface area contributed by atoms with E-state index in [0.29, 0.717) is 38.4 Å². The number of methoxy groups -OCH3 is 1. The molecule has 184 valence electrons. The molecule has 36 heavy (non-hydrogen) atoms. The van der Waals surface area contributed by atoms with Crippen LogP contribution in [0.15, 0.2) is 60.7 Å². The first-order valence-electron chi connectivity index (χ1n) is 10.9. The molecule has 2 aliphatic heterocycles. The van der Waals surface area contributed by atoms with Crippen LogP contribution in [-0.4, -0.2) is 28.8 Å². The monoisotopic (exact) mass is 636 g/mol. The van der Waals surface area contributed by atoms with Crippen LogP contribution in [0.2, 0.25) is 10.0 Å². The van der Waals surface area contributed by atoms with E-state index in [1.54, 1.807) is 54.6 Å². The van der Waals surface area contributed by atoms with Crippen LogP contribution < -0.4 is 15.4 Å². The summed E-state index contributed by atoms with van der Waals surface area (Å²) in [6.07, 6.45) is 0.165. The topological polar surface area (TPSA) is 93.7 Å². The highest BCUT2D eigenvalue weighted by Gasteiger charge is 2.60. The second-order valence-electron chi connectivity index (χ2n) is 8.49. The molecule has 3 aromatic carbocycles. The van der Waals surface area contributed by atoms with Crippen molar-refractivity contribution < 1.29 is 23.9 Å². The fraction of sp³-hybridized carbons (Fsp3) is 0.192. The Kier molecular flexibility index (Phi) is 6.61. The summed E-state index contributed by atoms with van der Waals surface area (Å²) >= 11 is 14.8. The van der Waals surface area contributed by atoms with Gasteiger partial charge in [-0.1, -0.05) is 51.9 Å². The lowest BCUT2D eigenvalue weighted by molar-refractivity contribution is -0.129. The molecule has 5 rings (SSSR count). The lowest BCUT2D eigenvalue weighted by Gasteiger charge is -2.44. The first-order chi connectivity index (χ1) is 17.2. The highest BCUT2D eigenvalue weighted by molar-refractivity contribution is 14.1. The first-order valence-corrected chi connectivity index (χ1v) is 12.9. The van der Waals surface area contributed by atoms with Gasteiger partial charge >= 0.3 is 5.97 Å². The van der Waals surface area contributed by atoms with Crippen molar-refractivity contribution in [3.05, 3.63) is 87.4 Å². The number of esters is 1. The molecule has 0 saturated carbocycles. The van der Waals surface area contributed by atoms with E-state index >= 15 is 0 Å². The van der Waals surface area contributed by atoms with E-state index in [0.717, 1.165) is 5.56 Å². The third-order valence-corrected chi connectivity index (χ3v) is 8.35. The molecule has 3 atom stereocenters. The number of ether oxygens (including phenoxy) is 2. The van der Waals surface area contributed by atoms with Gasteiger partial charge in [-0.15, -0.1) is 0 Å². The predicted octanol–water partition coefficient (Wildman–Crippen LogP) is 5.83. The minimum absolute atomic E-state index is 0.165. The van der Waals surface area contributed by atoms with Gasteiger partial charge < -0.3 is 20.1 Å². The molecular weight excluding hydrogens is 618 g/mol. The zero-order valence-electron chi connectivity index (χ0n) is 18.8. The lowest BCUT2D eigenvalue weighted by atomic mass is 9.67. The van der Waals surface area contributed by atoms with Crippen molar-refractivity contribution >= 4 is 69.3 Å². The third-order valence-electron chi connectivity index (χ3n) is 6.46. The quantitative estimate of drug-likeness (QED) is 0.214. The summed E-state index contributed by atoms with van der Waals surface area (Å²) in [6.45, 7) is 0. The van der Waals surface area contributed by atoms with Crippen molar-refractivity contribution in [3.8, 4) is 11.5 Å². The Morgan fingerprint density at radius 2 is 1.72 bits per heavy atom. The van der Waals surface area contributed by atoms with Gasteiger partial charge in [0.1, 0.15) is 16.9 Å². The smallest absolute Gasteiger partial charge is 0.337 e. The molecule has 7 nitrogen and oxygen atoms in total. The maximum absolute atomic E-state index is 13.7. The van der Waals surface area contributed by atoms with Gasteiger partial charge in [-0.25, -0.2) is 4.79 Å². The molecular formula is C26H19Cl2IN2O5. The molecule has 2 amide bonds. The Balaban J connectivity index is 1.62. The van der Waals surface area contributed by atoms with Gasteiger partial charge in [-0.3, -0.25) is 9.59 Å². The maximum Gasteiger partial charge on any atom is 0.337 e. The Morgan fingerprint density at radius 3 is 2.44 bits per heavy atom. The highest BCUT2D eigenvalue weighted by Crippen LogP contribution is 2.55. The molecule has 2 aliphatic rings. The van der Waals surface area contributed by atoms with Crippen molar-refractivity contribution in [2.24, 2.45) is 0 Å². The molecule has 0 radical (unpaired) electrons. The number of carbonyl (C=O) groups is 3. The second-order valence-corrected chi connectivity index (χ2v) is 10.9. The number of nitrogens with one attached hydrogen (secondary N) is 2. The van der Waals surface area contributed by atoms with Crippen molar-refractivity contribution in [1.82, 2.24) is 5.32 Å². The molecule has 1 fully saturated rings. The van der Waals surface area contributed by atoms with Crippen molar-refractivity contribution in [2.45, 2.75) is 21.8 Å². The van der Waals surface area contributed by atoms with Gasteiger partial charge in [0.05, 0.1) is 18.7 Å². The van der Waals surface area contributed by atoms with Gasteiger partial charge in [0.25, 0.3) is 0 Å². The maximum atomic E-state index is 13.7. The summed E-state index contributed by atoms with van der Waals surface area (Å²) < 4.78 is 10.6. The van der Waals surface area contributed by atoms with Crippen LogP contribution in [0.25, 0.3) is 0 Å². The number of alkyl halides is 1. The molecule has 0 aliphatic carbocycles. The van der Waals surface area contributed by atoms with Gasteiger partial charge in [0.2, 0.25) is 11.8 Å². The number of carbonyl (C=O) groups excluding carboxylic acids is 3. The fourth-order valence-corrected chi connectivity index (χ4v) is 6.56. The standard InChI is InChI=1S/C26H19Cl2IN2O5/c1-35-24(33)13-2-6-16(7-3-13)36-20-9-5-14(27)10-17(20)23-26(21(29)12-22(32)31-23)18-8-4-15(28)11-19(18)30-25(26)34/h2-11,21,23H,12H2,1H3,(H,30,34)(H,31,32)/t21-,23?,26+/m1/s1. The number of benzene rings is 3. The summed E-state index contributed by atoms with van der Waals surface area (Å²) in [4.78, 5) is 38.2. The van der Waals surface area contributed by atoms with Crippen LogP contribution in [0.1, 0.15) is 33.9 Å². The normalized spacial score (nSPS) is 22.6. The Hall–Kier alpha value is -2.82. The van der Waals surface area contributed by atoms with E-state index in [1.807, 2.05) is 6.07 Å². The number of rotatable bonds is 4. The van der Waals surface area contributed by atoms with Crippen molar-refractivity contribution in [1.29, 1.82) is 0 Å². The van der Waals surface area contributed by atoms with Crippen molar-refractivity contribution in [3.63, 3.8) is 0 Å². The summed E-state index contributed by atoms with van der Waals surface area (Å²) in [7, 11) is 1.31. The number of piperidine rings is 1. The molecule has 2 heterocycles. The minimum atomic E-state index is -1.12. The molecule has 0 bridgehead atoms. The van der Waals surface area contributed by atoms with Gasteiger partial charge in [0, 0.05) is 31.6 Å². The van der Waals surface area contributed by atoms with Crippen LogP contribution in [0.4, 0.5) is 5.69 Å². The Labute approximate surface area is 230 Å². The van der Waals surface area contributed by atoms with Crippen LogP contribution in [-0.2, 0) is 19.7 Å². The predicted molar refractivity (Wildman–Crippen MR) is 144 cm³/mol. The molecule has 3 aromatic rings. The average Bonchev–Trinajstić information content (AvgIpc) is 3.14. The summed E-state index contributed by atoms with van der Waals surface area (Å²) in [6, 6.07) is 16.0. The number of anilines is 1. The molecule has 10 heteroatoms. The second kappa shape index (κ2) is 9.57. The molecule has 1 spiro atoms. The molecule has 1 saturated heterocycles. The van der Waals surface area contributed by atoms with Gasteiger partial charge in [-0.05, 0) is 60.2 Å². The summed E-state index contributed by atoms with van der Waals surface area (Å²) in [5.74, 6) is -0.0158. The lowest BCUT2D eigenvalue weighted by Crippen LogP contribution is -2.58.